The number of aliphatic carboxylic acids is 1. The number of hydrogen-bond acceptors (Lipinski definition) is 5. The summed E-state index contributed by atoms with van der Waals surface area (Å²) >= 11 is 0. The topological polar surface area (TPSA) is 113 Å². The highest BCUT2D eigenvalue weighted by atomic mass is 16.5. The van der Waals surface area contributed by atoms with Gasteiger partial charge in [0.2, 0.25) is 11.8 Å². The molecule has 0 bridgehead atoms. The quantitative estimate of drug-likeness (QED) is 0.747. The largest absolute Gasteiger partial charge is 0.481 e. The molecule has 0 saturated heterocycles. The highest BCUT2D eigenvalue weighted by molar-refractivity contribution is 5.88. The molecule has 0 aromatic carbocycles. The van der Waals surface area contributed by atoms with Crippen molar-refractivity contribution in [2.24, 2.45) is 0 Å². The van der Waals surface area contributed by atoms with Crippen LogP contribution in [0.3, 0.4) is 0 Å². The van der Waals surface area contributed by atoms with Gasteiger partial charge in [-0.2, -0.15) is 4.98 Å². The number of carbonyl (C=O) groups is 2. The zero-order valence-corrected chi connectivity index (χ0v) is 11.9. The second-order valence-corrected chi connectivity index (χ2v) is 4.91. The van der Waals surface area contributed by atoms with Crippen LogP contribution >= 0.6 is 0 Å². The first-order valence-electron chi connectivity index (χ1n) is 5.92. The van der Waals surface area contributed by atoms with E-state index in [1.54, 1.807) is 26.8 Å². The molecule has 20 heavy (non-hydrogen) atoms. The molecule has 110 valence electrons. The predicted molar refractivity (Wildman–Crippen MR) is 71.8 cm³/mol. The smallest absolute Gasteiger partial charge is 0.322 e. The minimum absolute atomic E-state index is 0.0884. The first kappa shape index (κ1) is 15.7. The van der Waals surface area contributed by atoms with Gasteiger partial charge in [0, 0.05) is 17.3 Å². The van der Waals surface area contributed by atoms with E-state index in [1.807, 2.05) is 0 Å². The van der Waals surface area contributed by atoms with Crippen molar-refractivity contribution in [2.75, 3.05) is 12.4 Å². The van der Waals surface area contributed by atoms with Gasteiger partial charge in [0.05, 0.1) is 13.5 Å². The predicted octanol–water partition coefficient (Wildman–Crippen LogP) is 1.17. The molecule has 1 aromatic heterocycles. The summed E-state index contributed by atoms with van der Waals surface area (Å²) < 4.78 is 4.97. The average molecular weight is 282 g/mol. The van der Waals surface area contributed by atoms with Crippen LogP contribution in [0.2, 0.25) is 0 Å². The van der Waals surface area contributed by atoms with Crippen molar-refractivity contribution in [3.05, 3.63) is 11.8 Å². The molecule has 1 heterocycles. The molecule has 0 radical (unpaired) electrons. The van der Waals surface area contributed by atoms with Crippen LogP contribution in [0, 0.1) is 6.92 Å². The summed E-state index contributed by atoms with van der Waals surface area (Å²) in [5.74, 6) is -0.577. The molecule has 0 aliphatic carbocycles. The van der Waals surface area contributed by atoms with E-state index in [4.69, 9.17) is 9.84 Å². The summed E-state index contributed by atoms with van der Waals surface area (Å²) in [5, 5.41) is 13.7. The summed E-state index contributed by atoms with van der Waals surface area (Å²) in [6.45, 7) is 4.96. The maximum atomic E-state index is 11.8. The number of rotatable bonds is 5. The summed E-state index contributed by atoms with van der Waals surface area (Å²) in [7, 11) is 1.46. The molecule has 3 N–H and O–H groups in total. The van der Waals surface area contributed by atoms with Crippen LogP contribution in [0.15, 0.2) is 6.07 Å². The Hall–Kier alpha value is -2.38. The Balaban J connectivity index is 2.71. The van der Waals surface area contributed by atoms with Gasteiger partial charge in [-0.3, -0.25) is 10.1 Å². The highest BCUT2D eigenvalue weighted by Crippen LogP contribution is 2.12. The summed E-state index contributed by atoms with van der Waals surface area (Å²) in [6, 6.07) is 1.04. The maximum absolute atomic E-state index is 11.8. The Morgan fingerprint density at radius 3 is 2.60 bits per heavy atom. The van der Waals surface area contributed by atoms with Crippen LogP contribution in [0.5, 0.6) is 5.88 Å². The fraction of sp³-hybridized carbons (Fsp3) is 0.500. The number of methoxy groups -OCH3 is 1. The van der Waals surface area contributed by atoms with E-state index in [0.717, 1.165) is 0 Å². The van der Waals surface area contributed by atoms with Gasteiger partial charge in [0.25, 0.3) is 0 Å². The maximum Gasteiger partial charge on any atom is 0.322 e. The Bertz CT molecular complexity index is 516. The number of urea groups is 1. The van der Waals surface area contributed by atoms with Gasteiger partial charge < -0.3 is 15.2 Å². The minimum Gasteiger partial charge on any atom is -0.481 e. The average Bonchev–Trinajstić information content (AvgIpc) is 2.24. The third kappa shape index (κ3) is 5.09. The molecule has 0 fully saturated rings. The van der Waals surface area contributed by atoms with Gasteiger partial charge in [-0.1, -0.05) is 0 Å². The fourth-order valence-electron chi connectivity index (χ4n) is 1.56. The van der Waals surface area contributed by atoms with Crippen molar-refractivity contribution in [1.29, 1.82) is 0 Å². The summed E-state index contributed by atoms with van der Waals surface area (Å²) in [6.07, 6.45) is -0.196. The number of aromatic nitrogens is 2. The van der Waals surface area contributed by atoms with Crippen LogP contribution in [0.1, 0.15) is 26.0 Å². The summed E-state index contributed by atoms with van der Waals surface area (Å²) in [4.78, 5) is 30.4. The van der Waals surface area contributed by atoms with Gasteiger partial charge in [-0.25, -0.2) is 9.78 Å². The number of ether oxygens (including phenoxy) is 1. The van der Waals surface area contributed by atoms with Crippen molar-refractivity contribution in [2.45, 2.75) is 32.7 Å². The van der Waals surface area contributed by atoms with Crippen LogP contribution < -0.4 is 15.4 Å². The van der Waals surface area contributed by atoms with Gasteiger partial charge in [0.1, 0.15) is 0 Å². The zero-order chi connectivity index (χ0) is 15.3. The standard InChI is InChI=1S/C12H18N4O4/c1-7-5-8(20-4)14-10(13-7)15-11(19)16-12(2,3)6-9(17)18/h5H,6H2,1-4H3,(H,17,18)(H2,13,14,15,16,19). The first-order valence-corrected chi connectivity index (χ1v) is 5.92. The number of nitrogens with one attached hydrogen (secondary N) is 2. The van der Waals surface area contributed by atoms with Crippen molar-refractivity contribution in [1.82, 2.24) is 15.3 Å². The Morgan fingerprint density at radius 2 is 2.05 bits per heavy atom. The molecule has 0 aliphatic rings. The molecule has 8 heteroatoms. The second kappa shape index (κ2) is 6.18. The number of amides is 2. The van der Waals surface area contributed by atoms with Crippen LogP contribution in [0.4, 0.5) is 10.7 Å². The van der Waals surface area contributed by atoms with Gasteiger partial charge >= 0.3 is 12.0 Å². The van der Waals surface area contributed by atoms with Gasteiger partial charge in [-0.15, -0.1) is 0 Å². The summed E-state index contributed by atoms with van der Waals surface area (Å²) in [5.41, 5.74) is -0.249. The van der Waals surface area contributed by atoms with E-state index in [1.165, 1.54) is 7.11 Å². The lowest BCUT2D eigenvalue weighted by molar-refractivity contribution is -0.138. The monoisotopic (exact) mass is 282 g/mol. The number of carbonyl (C=O) groups excluding carboxylic acids is 1. The fourth-order valence-corrected chi connectivity index (χ4v) is 1.56. The number of carboxylic acids is 1. The lowest BCUT2D eigenvalue weighted by Crippen LogP contribution is -2.47. The van der Waals surface area contributed by atoms with E-state index in [9.17, 15) is 9.59 Å². The van der Waals surface area contributed by atoms with Gasteiger partial charge in [-0.05, 0) is 20.8 Å². The Morgan fingerprint density at radius 1 is 1.40 bits per heavy atom. The number of nitrogens with zero attached hydrogens (tertiary/aromatic N) is 2. The number of anilines is 1. The van der Waals surface area contributed by atoms with E-state index < -0.39 is 17.5 Å². The molecular formula is C12H18N4O4. The second-order valence-electron chi connectivity index (χ2n) is 4.91. The lowest BCUT2D eigenvalue weighted by Gasteiger charge is -2.24. The SMILES string of the molecule is COc1cc(C)nc(NC(=O)NC(C)(C)CC(=O)O)n1. The van der Waals surface area contributed by atoms with Crippen molar-refractivity contribution in [3.8, 4) is 5.88 Å². The molecule has 1 aromatic rings. The molecule has 1 rings (SSSR count). The van der Waals surface area contributed by atoms with E-state index >= 15 is 0 Å². The van der Waals surface area contributed by atoms with Gasteiger partial charge in [0.15, 0.2) is 0 Å². The third-order valence-corrected chi connectivity index (χ3v) is 2.31. The zero-order valence-electron chi connectivity index (χ0n) is 11.9. The van der Waals surface area contributed by atoms with E-state index in [0.29, 0.717) is 11.6 Å². The molecule has 2 amide bonds. The molecule has 0 saturated carbocycles. The molecule has 8 nitrogen and oxygen atoms in total. The van der Waals surface area contributed by atoms with Crippen molar-refractivity contribution < 1.29 is 19.4 Å². The Labute approximate surface area is 116 Å². The first-order chi connectivity index (χ1) is 9.21. The molecular weight excluding hydrogens is 264 g/mol. The minimum atomic E-state index is -0.997. The van der Waals surface area contributed by atoms with Crippen molar-refractivity contribution in [3.63, 3.8) is 0 Å². The van der Waals surface area contributed by atoms with E-state index in [2.05, 4.69) is 20.6 Å². The van der Waals surface area contributed by atoms with Crippen LogP contribution in [-0.2, 0) is 4.79 Å². The van der Waals surface area contributed by atoms with Crippen LogP contribution in [0.25, 0.3) is 0 Å². The third-order valence-electron chi connectivity index (χ3n) is 2.31. The molecule has 0 unspecified atom stereocenters. The number of carboxylic acid groups (broad SMARTS) is 1. The molecule has 0 atom stereocenters. The Kier molecular flexibility index (Phi) is 4.84. The van der Waals surface area contributed by atoms with Crippen molar-refractivity contribution >= 4 is 17.9 Å². The highest BCUT2D eigenvalue weighted by Gasteiger charge is 2.24. The molecule has 0 aliphatic heterocycles. The lowest BCUT2D eigenvalue weighted by atomic mass is 10.0. The van der Waals surface area contributed by atoms with E-state index in [-0.39, 0.29) is 12.4 Å². The number of hydrogen-bond donors (Lipinski definition) is 3. The number of aryl methyl sites for hydroxylation is 1. The van der Waals surface area contributed by atoms with Crippen LogP contribution in [-0.4, -0.2) is 39.7 Å². The molecule has 0 spiro atoms. The normalized spacial score (nSPS) is 10.8.